The number of hydrogen-bond acceptors (Lipinski definition) is 3. The van der Waals surface area contributed by atoms with Crippen LogP contribution in [-0.4, -0.2) is 45.6 Å². The molecule has 0 atom stereocenters. The van der Waals surface area contributed by atoms with Crippen molar-refractivity contribution in [1.82, 2.24) is 10.6 Å². The molecule has 0 saturated carbocycles. The molecule has 0 aromatic heterocycles. The molecule has 0 aliphatic carbocycles. The molecule has 0 fully saturated rings. The Bertz CT molecular complexity index is 418. The second-order valence-corrected chi connectivity index (χ2v) is 5.60. The van der Waals surface area contributed by atoms with E-state index in [0.29, 0.717) is 0 Å². The largest absolute Gasteiger partial charge is 0.385 e. The second-order valence-electron chi connectivity index (χ2n) is 4.43. The van der Waals surface area contributed by atoms with Gasteiger partial charge in [-0.3, -0.25) is 4.99 Å². The number of ether oxygens (including phenoxy) is 1. The van der Waals surface area contributed by atoms with Crippen LogP contribution in [0.15, 0.2) is 34.2 Å². The van der Waals surface area contributed by atoms with Crippen molar-refractivity contribution in [3.8, 4) is 0 Å². The smallest absolute Gasteiger partial charge is 0.190 e. The Balaban J connectivity index is 0.00000441. The summed E-state index contributed by atoms with van der Waals surface area (Å²) in [6.07, 6.45) is 1.97. The van der Waals surface area contributed by atoms with Gasteiger partial charge in [-0.05, 0) is 42.9 Å². The molecule has 4 nitrogen and oxygen atoms in total. The molecule has 0 spiro atoms. The predicted octanol–water partition coefficient (Wildman–Crippen LogP) is 3.13. The van der Waals surface area contributed by atoms with Gasteiger partial charge in [-0.1, -0.05) is 0 Å². The van der Waals surface area contributed by atoms with Crippen molar-refractivity contribution in [3.05, 3.63) is 30.1 Å². The van der Waals surface area contributed by atoms with Gasteiger partial charge < -0.3 is 15.4 Å². The summed E-state index contributed by atoms with van der Waals surface area (Å²) in [4.78, 5) is 5.25. The first-order chi connectivity index (χ1) is 10.3. The lowest BCUT2D eigenvalue weighted by molar-refractivity contribution is 0.195. The van der Waals surface area contributed by atoms with Crippen molar-refractivity contribution < 1.29 is 9.13 Å². The van der Waals surface area contributed by atoms with Gasteiger partial charge >= 0.3 is 0 Å². The molecule has 0 saturated heterocycles. The number of hydrogen-bond donors (Lipinski definition) is 2. The maximum atomic E-state index is 12.8. The lowest BCUT2D eigenvalue weighted by atomic mass is 10.4. The average Bonchev–Trinajstić information content (AvgIpc) is 2.51. The van der Waals surface area contributed by atoms with E-state index in [2.05, 4.69) is 15.6 Å². The van der Waals surface area contributed by atoms with Gasteiger partial charge in [0.2, 0.25) is 0 Å². The molecule has 0 aliphatic heterocycles. The Labute approximate surface area is 153 Å². The quantitative estimate of drug-likeness (QED) is 0.203. The molecule has 1 aromatic rings. The summed E-state index contributed by atoms with van der Waals surface area (Å²) < 4.78 is 17.8. The van der Waals surface area contributed by atoms with Crippen LogP contribution < -0.4 is 10.6 Å². The number of benzene rings is 1. The van der Waals surface area contributed by atoms with Gasteiger partial charge in [-0.2, -0.15) is 0 Å². The number of nitrogens with zero attached hydrogens (tertiary/aromatic N) is 1. The topological polar surface area (TPSA) is 45.7 Å². The van der Waals surface area contributed by atoms with Crippen LogP contribution in [0.2, 0.25) is 0 Å². The summed E-state index contributed by atoms with van der Waals surface area (Å²) >= 11 is 1.73. The average molecular weight is 441 g/mol. The Morgan fingerprint density at radius 2 is 1.82 bits per heavy atom. The van der Waals surface area contributed by atoms with Crippen LogP contribution in [0, 0.1) is 5.82 Å². The van der Waals surface area contributed by atoms with E-state index in [9.17, 15) is 4.39 Å². The fraction of sp³-hybridized carbons (Fsp3) is 0.533. The Kier molecular flexibility index (Phi) is 13.7. The number of halogens is 2. The number of thioether (sulfide) groups is 1. The third kappa shape index (κ3) is 10.2. The Morgan fingerprint density at radius 3 is 2.41 bits per heavy atom. The molecule has 2 N–H and O–H groups in total. The zero-order valence-corrected chi connectivity index (χ0v) is 16.2. The number of guanidine groups is 1. The molecule has 1 aromatic carbocycles. The Morgan fingerprint density at radius 1 is 1.18 bits per heavy atom. The predicted molar refractivity (Wildman–Crippen MR) is 103 cm³/mol. The van der Waals surface area contributed by atoms with Crippen LogP contribution in [-0.2, 0) is 4.74 Å². The summed E-state index contributed by atoms with van der Waals surface area (Å²) in [5.74, 6) is 1.61. The van der Waals surface area contributed by atoms with Crippen LogP contribution in [0.1, 0.15) is 12.8 Å². The van der Waals surface area contributed by atoms with Gasteiger partial charge in [0.05, 0.1) is 0 Å². The summed E-state index contributed by atoms with van der Waals surface area (Å²) in [5, 5.41) is 6.50. The van der Waals surface area contributed by atoms with Crippen LogP contribution in [0.25, 0.3) is 0 Å². The first kappa shape index (κ1) is 21.5. The lowest BCUT2D eigenvalue weighted by Crippen LogP contribution is -2.38. The molecule has 1 rings (SSSR count). The summed E-state index contributed by atoms with van der Waals surface area (Å²) in [6.45, 7) is 2.45. The summed E-state index contributed by atoms with van der Waals surface area (Å²) in [6, 6.07) is 6.60. The molecule has 0 aliphatic rings. The highest BCUT2D eigenvalue weighted by Crippen LogP contribution is 2.18. The second kappa shape index (κ2) is 14.1. The molecule has 0 radical (unpaired) electrons. The minimum absolute atomic E-state index is 0. The number of aliphatic imine (C=N–C) groups is 1. The number of rotatable bonds is 9. The highest BCUT2D eigenvalue weighted by atomic mass is 127. The minimum Gasteiger partial charge on any atom is -0.385 e. The molecule has 0 amide bonds. The van der Waals surface area contributed by atoms with E-state index < -0.39 is 0 Å². The monoisotopic (exact) mass is 441 g/mol. The lowest BCUT2D eigenvalue weighted by Gasteiger charge is -2.11. The van der Waals surface area contributed by atoms with Crippen molar-refractivity contribution in [2.45, 2.75) is 17.7 Å². The molecule has 0 bridgehead atoms. The van der Waals surface area contributed by atoms with Crippen LogP contribution >= 0.6 is 35.7 Å². The molecule has 22 heavy (non-hydrogen) atoms. The zero-order chi connectivity index (χ0) is 15.3. The van der Waals surface area contributed by atoms with Crippen LogP contribution in [0.3, 0.4) is 0 Å². The Hall–Kier alpha value is -0.540. The van der Waals surface area contributed by atoms with E-state index in [1.807, 2.05) is 12.1 Å². The normalized spacial score (nSPS) is 11.0. The number of methoxy groups -OCH3 is 1. The van der Waals surface area contributed by atoms with E-state index in [1.165, 1.54) is 12.1 Å². The van der Waals surface area contributed by atoms with E-state index in [-0.39, 0.29) is 29.8 Å². The van der Waals surface area contributed by atoms with Crippen LogP contribution in [0.5, 0.6) is 0 Å². The standard InChI is InChI=1S/C15H24FN3OS.HI/c1-17-15(18-9-3-11-20-2)19-10-4-12-21-14-7-5-13(16)6-8-14;/h5-8H,3-4,9-12H2,1-2H3,(H2,17,18,19);1H. The van der Waals surface area contributed by atoms with Crippen molar-refractivity contribution in [2.24, 2.45) is 4.99 Å². The minimum atomic E-state index is -0.190. The van der Waals surface area contributed by atoms with E-state index in [0.717, 1.165) is 49.1 Å². The first-order valence-corrected chi connectivity index (χ1v) is 8.06. The van der Waals surface area contributed by atoms with E-state index >= 15 is 0 Å². The highest BCUT2D eigenvalue weighted by molar-refractivity contribution is 14.0. The summed E-state index contributed by atoms with van der Waals surface area (Å²) in [5.41, 5.74) is 0. The van der Waals surface area contributed by atoms with Gasteiger partial charge in [0.25, 0.3) is 0 Å². The molecule has 0 heterocycles. The van der Waals surface area contributed by atoms with Gasteiger partial charge in [0.1, 0.15) is 5.82 Å². The van der Waals surface area contributed by atoms with Gasteiger partial charge in [-0.25, -0.2) is 4.39 Å². The van der Waals surface area contributed by atoms with Gasteiger partial charge in [-0.15, -0.1) is 35.7 Å². The van der Waals surface area contributed by atoms with Crippen LogP contribution in [0.4, 0.5) is 4.39 Å². The van der Waals surface area contributed by atoms with Gasteiger partial charge in [0.15, 0.2) is 5.96 Å². The van der Waals surface area contributed by atoms with E-state index in [1.54, 1.807) is 25.9 Å². The van der Waals surface area contributed by atoms with Crippen molar-refractivity contribution in [3.63, 3.8) is 0 Å². The highest BCUT2D eigenvalue weighted by Gasteiger charge is 1.98. The fourth-order valence-electron chi connectivity index (χ4n) is 1.64. The molecule has 0 unspecified atom stereocenters. The molecular formula is C15H25FIN3OS. The first-order valence-electron chi connectivity index (χ1n) is 7.08. The van der Waals surface area contributed by atoms with Crippen molar-refractivity contribution in [1.29, 1.82) is 0 Å². The zero-order valence-electron chi connectivity index (χ0n) is 13.1. The summed E-state index contributed by atoms with van der Waals surface area (Å²) in [7, 11) is 3.46. The fourth-order valence-corrected chi connectivity index (χ4v) is 2.50. The van der Waals surface area contributed by atoms with E-state index in [4.69, 9.17) is 4.74 Å². The number of nitrogens with one attached hydrogen (secondary N) is 2. The molecular weight excluding hydrogens is 416 g/mol. The van der Waals surface area contributed by atoms with Crippen molar-refractivity contribution >= 4 is 41.7 Å². The third-order valence-electron chi connectivity index (χ3n) is 2.74. The maximum Gasteiger partial charge on any atom is 0.190 e. The molecule has 7 heteroatoms. The third-order valence-corrected chi connectivity index (χ3v) is 3.84. The van der Waals surface area contributed by atoms with Gasteiger partial charge in [0, 0.05) is 38.7 Å². The maximum absolute atomic E-state index is 12.8. The molecule has 126 valence electrons. The van der Waals surface area contributed by atoms with Crippen molar-refractivity contribution in [2.75, 3.05) is 39.6 Å². The SMILES string of the molecule is CN=C(NCCCOC)NCCCSc1ccc(F)cc1.I.